The highest BCUT2D eigenvalue weighted by molar-refractivity contribution is 5.38. The number of nitrogens with zero attached hydrogens (tertiary/aromatic N) is 2. The molecule has 0 aliphatic heterocycles. The Hall–Kier alpha value is -1.76. The van der Waals surface area contributed by atoms with Crippen LogP contribution in [0.2, 0.25) is 0 Å². The van der Waals surface area contributed by atoms with E-state index in [1.807, 2.05) is 13.0 Å². The molecule has 1 aromatic heterocycles. The van der Waals surface area contributed by atoms with E-state index in [0.29, 0.717) is 18.5 Å². The molecule has 0 bridgehead atoms. The van der Waals surface area contributed by atoms with Gasteiger partial charge in [0.1, 0.15) is 11.6 Å². The monoisotopic (exact) mass is 192 g/mol. The van der Waals surface area contributed by atoms with E-state index in [2.05, 4.69) is 0 Å². The molecule has 0 spiro atoms. The summed E-state index contributed by atoms with van der Waals surface area (Å²) in [7, 11) is 0. The van der Waals surface area contributed by atoms with E-state index < -0.39 is 5.56 Å². The van der Waals surface area contributed by atoms with E-state index in [1.54, 1.807) is 6.92 Å². The fourth-order valence-corrected chi connectivity index (χ4v) is 1.39. The maximum Gasteiger partial charge on any atom is 0.271 e. The average molecular weight is 192 g/mol. The van der Waals surface area contributed by atoms with Crippen molar-refractivity contribution in [2.24, 2.45) is 0 Å². The lowest BCUT2D eigenvalue weighted by Gasteiger charge is -2.08. The summed E-state index contributed by atoms with van der Waals surface area (Å²) in [6.45, 7) is 3.95. The molecule has 1 aromatic rings. The molecule has 0 aliphatic rings. The first-order chi connectivity index (χ1) is 6.65. The van der Waals surface area contributed by atoms with Gasteiger partial charge in [-0.15, -0.1) is 0 Å². The number of hydrogen-bond acceptors (Lipinski definition) is 3. The van der Waals surface area contributed by atoms with Gasteiger partial charge >= 0.3 is 0 Å². The summed E-state index contributed by atoms with van der Waals surface area (Å²) >= 11 is 0. The highest BCUT2D eigenvalue weighted by Crippen LogP contribution is 2.13. The van der Waals surface area contributed by atoms with Crippen molar-refractivity contribution in [2.45, 2.75) is 26.8 Å². The first-order valence-corrected chi connectivity index (χ1v) is 4.51. The van der Waals surface area contributed by atoms with Gasteiger partial charge in [0.05, 0.1) is 0 Å². The number of hydrogen-bond donors (Lipinski definition) is 1. The van der Waals surface area contributed by atoms with Gasteiger partial charge in [-0.3, -0.25) is 9.36 Å². The van der Waals surface area contributed by atoms with Gasteiger partial charge < -0.3 is 5.11 Å². The van der Waals surface area contributed by atoms with Crippen molar-refractivity contribution in [2.75, 3.05) is 0 Å². The van der Waals surface area contributed by atoms with Crippen molar-refractivity contribution in [1.29, 1.82) is 5.26 Å². The van der Waals surface area contributed by atoms with Crippen LogP contribution in [0.3, 0.4) is 0 Å². The van der Waals surface area contributed by atoms with Crippen molar-refractivity contribution in [3.8, 4) is 11.9 Å². The fraction of sp³-hybridized carbons (Fsp3) is 0.400. The van der Waals surface area contributed by atoms with Crippen LogP contribution in [-0.2, 0) is 13.0 Å². The Kier molecular flexibility index (Phi) is 2.92. The molecule has 0 fully saturated rings. The zero-order valence-electron chi connectivity index (χ0n) is 8.24. The van der Waals surface area contributed by atoms with Gasteiger partial charge in [-0.2, -0.15) is 5.26 Å². The third-order valence-corrected chi connectivity index (χ3v) is 2.17. The molecular weight excluding hydrogens is 180 g/mol. The van der Waals surface area contributed by atoms with Gasteiger partial charge in [-0.1, -0.05) is 6.92 Å². The molecule has 4 heteroatoms. The van der Waals surface area contributed by atoms with Gasteiger partial charge in [-0.25, -0.2) is 0 Å². The predicted octanol–water partition coefficient (Wildman–Crippen LogP) is 1.01. The predicted molar refractivity (Wildman–Crippen MR) is 52.1 cm³/mol. The SMILES string of the molecule is CCc1cc(O)n(CC)c(=O)c1C#N. The highest BCUT2D eigenvalue weighted by atomic mass is 16.3. The van der Waals surface area contributed by atoms with Crippen LogP contribution in [0.5, 0.6) is 5.88 Å². The van der Waals surface area contributed by atoms with Crippen LogP contribution in [0, 0.1) is 11.3 Å². The molecule has 0 amide bonds. The van der Waals surface area contributed by atoms with E-state index in [1.165, 1.54) is 10.6 Å². The molecule has 0 aliphatic carbocycles. The fourth-order valence-electron chi connectivity index (χ4n) is 1.39. The molecule has 0 saturated carbocycles. The summed E-state index contributed by atoms with van der Waals surface area (Å²) in [4.78, 5) is 11.6. The second kappa shape index (κ2) is 3.97. The Labute approximate surface area is 82.0 Å². The Bertz CT molecular complexity index is 441. The van der Waals surface area contributed by atoms with Gasteiger partial charge in [0.15, 0.2) is 5.88 Å². The molecule has 0 aromatic carbocycles. The summed E-state index contributed by atoms with van der Waals surface area (Å²) in [5, 5.41) is 18.3. The Morgan fingerprint density at radius 2 is 2.21 bits per heavy atom. The second-order valence-electron chi connectivity index (χ2n) is 2.92. The lowest BCUT2D eigenvalue weighted by Crippen LogP contribution is -2.23. The summed E-state index contributed by atoms with van der Waals surface area (Å²) in [5.41, 5.74) is 0.318. The zero-order valence-corrected chi connectivity index (χ0v) is 8.24. The normalized spacial score (nSPS) is 9.79. The number of rotatable bonds is 2. The largest absolute Gasteiger partial charge is 0.494 e. The smallest absolute Gasteiger partial charge is 0.271 e. The summed E-state index contributed by atoms with van der Waals surface area (Å²) in [6.07, 6.45) is 0.566. The highest BCUT2D eigenvalue weighted by Gasteiger charge is 2.11. The van der Waals surface area contributed by atoms with Crippen molar-refractivity contribution in [3.63, 3.8) is 0 Å². The molecule has 74 valence electrons. The van der Waals surface area contributed by atoms with Crippen molar-refractivity contribution in [1.82, 2.24) is 4.57 Å². The summed E-state index contributed by atoms with van der Waals surface area (Å²) < 4.78 is 1.18. The first kappa shape index (κ1) is 10.3. The summed E-state index contributed by atoms with van der Waals surface area (Å²) in [6, 6.07) is 3.35. The third-order valence-electron chi connectivity index (χ3n) is 2.17. The van der Waals surface area contributed by atoms with Crippen LogP contribution in [-0.4, -0.2) is 9.67 Å². The Morgan fingerprint density at radius 1 is 1.57 bits per heavy atom. The molecule has 0 atom stereocenters. The quantitative estimate of drug-likeness (QED) is 0.760. The molecule has 1 heterocycles. The number of pyridine rings is 1. The van der Waals surface area contributed by atoms with Crippen molar-refractivity contribution >= 4 is 0 Å². The van der Waals surface area contributed by atoms with Crippen molar-refractivity contribution < 1.29 is 5.11 Å². The minimum Gasteiger partial charge on any atom is -0.494 e. The minimum absolute atomic E-state index is 0.0756. The van der Waals surface area contributed by atoms with E-state index in [-0.39, 0.29) is 11.4 Å². The maximum absolute atomic E-state index is 11.6. The van der Waals surface area contributed by atoms with E-state index >= 15 is 0 Å². The Morgan fingerprint density at radius 3 is 2.64 bits per heavy atom. The number of aryl methyl sites for hydroxylation is 1. The number of aromatic nitrogens is 1. The summed E-state index contributed by atoms with van der Waals surface area (Å²) in [5.74, 6) is -0.0756. The first-order valence-electron chi connectivity index (χ1n) is 4.51. The second-order valence-corrected chi connectivity index (χ2v) is 2.92. The molecule has 4 nitrogen and oxygen atoms in total. The van der Waals surface area contributed by atoms with Crippen LogP contribution in [0.1, 0.15) is 25.0 Å². The topological polar surface area (TPSA) is 66.0 Å². The van der Waals surface area contributed by atoms with E-state index in [9.17, 15) is 9.90 Å². The molecule has 0 radical (unpaired) electrons. The van der Waals surface area contributed by atoms with Gasteiger partial charge in [0, 0.05) is 12.6 Å². The van der Waals surface area contributed by atoms with Crippen LogP contribution in [0.4, 0.5) is 0 Å². The molecule has 14 heavy (non-hydrogen) atoms. The van der Waals surface area contributed by atoms with Gasteiger partial charge in [-0.05, 0) is 18.9 Å². The average Bonchev–Trinajstić information content (AvgIpc) is 2.17. The molecular formula is C10H12N2O2. The Balaban J connectivity index is 3.58. The lowest BCUT2D eigenvalue weighted by molar-refractivity contribution is 0.410. The van der Waals surface area contributed by atoms with Crippen LogP contribution in [0.25, 0.3) is 0 Å². The molecule has 0 unspecified atom stereocenters. The van der Waals surface area contributed by atoms with Crippen LogP contribution < -0.4 is 5.56 Å². The zero-order chi connectivity index (χ0) is 10.7. The number of aromatic hydroxyl groups is 1. The third kappa shape index (κ3) is 1.49. The molecule has 1 N–H and O–H groups in total. The molecule has 1 rings (SSSR count). The van der Waals surface area contributed by atoms with Gasteiger partial charge in [0.2, 0.25) is 0 Å². The van der Waals surface area contributed by atoms with Gasteiger partial charge in [0.25, 0.3) is 5.56 Å². The standard InChI is InChI=1S/C10H12N2O2/c1-3-7-5-9(13)12(4-2)10(14)8(7)6-11/h5,13H,3-4H2,1-2H3. The van der Waals surface area contributed by atoms with Crippen LogP contribution in [0.15, 0.2) is 10.9 Å². The minimum atomic E-state index is -0.410. The van der Waals surface area contributed by atoms with E-state index in [4.69, 9.17) is 5.26 Å². The van der Waals surface area contributed by atoms with Crippen molar-refractivity contribution in [3.05, 3.63) is 27.5 Å². The lowest BCUT2D eigenvalue weighted by atomic mass is 10.1. The molecule has 0 saturated heterocycles. The number of nitriles is 1. The maximum atomic E-state index is 11.6. The van der Waals surface area contributed by atoms with E-state index in [0.717, 1.165) is 0 Å². The van der Waals surface area contributed by atoms with Crippen LogP contribution >= 0.6 is 0 Å².